The molecule has 0 N–H and O–H groups in total. The summed E-state index contributed by atoms with van der Waals surface area (Å²) in [7, 11) is 2.14. The fourth-order valence-corrected chi connectivity index (χ4v) is 4.27. The number of benzene rings is 1. The van der Waals surface area contributed by atoms with Gasteiger partial charge in [0.2, 0.25) is 0 Å². The van der Waals surface area contributed by atoms with Gasteiger partial charge in [-0.15, -0.1) is 0 Å². The second kappa shape index (κ2) is 7.61. The summed E-state index contributed by atoms with van der Waals surface area (Å²) in [5.41, 5.74) is 1.31. The summed E-state index contributed by atoms with van der Waals surface area (Å²) in [6, 6.07) is 3.95. The van der Waals surface area contributed by atoms with Crippen LogP contribution in [0.25, 0.3) is 10.9 Å². The number of likely N-dealkylation sites (N-methyl/N-ethyl adjacent to an activating group) is 1. The average Bonchev–Trinajstić information content (AvgIpc) is 2.91. The fourth-order valence-electron chi connectivity index (χ4n) is 3.52. The molecule has 2 heterocycles. The van der Waals surface area contributed by atoms with Crippen LogP contribution in [0, 0.1) is 5.92 Å². The highest BCUT2D eigenvalue weighted by Gasteiger charge is 2.25. The maximum Gasteiger partial charge on any atom is 0.419 e. The van der Waals surface area contributed by atoms with Crippen molar-refractivity contribution >= 4 is 44.5 Å². The van der Waals surface area contributed by atoms with E-state index in [0.717, 1.165) is 33.9 Å². The molecule has 0 spiro atoms. The first kappa shape index (κ1) is 20.4. The molecule has 6 heteroatoms. The third kappa shape index (κ3) is 4.41. The summed E-state index contributed by atoms with van der Waals surface area (Å²) in [6.07, 6.45) is 6.82. The van der Waals surface area contributed by atoms with Crippen LogP contribution < -0.4 is 0 Å². The normalized spacial score (nSPS) is 21.0. The standard InChI is InChI=1S/C21H26BrClN2O2/c1-13-6-7-15(24(5)11-13)10-14-12-25(20(26)27-21(2,3)4)17-9-8-16(23)19(22)18(14)17/h6-9,12-13,15H,10-11H2,1-5H3/t13-,15+/m1/s1. The Bertz CT molecular complexity index is 898. The molecule has 3 rings (SSSR count). The largest absolute Gasteiger partial charge is 0.443 e. The third-order valence-electron chi connectivity index (χ3n) is 4.76. The zero-order valence-electron chi connectivity index (χ0n) is 16.4. The molecule has 0 aliphatic carbocycles. The van der Waals surface area contributed by atoms with E-state index in [1.165, 1.54) is 0 Å². The van der Waals surface area contributed by atoms with Gasteiger partial charge >= 0.3 is 6.09 Å². The van der Waals surface area contributed by atoms with Crippen LogP contribution in [0.3, 0.4) is 0 Å². The van der Waals surface area contributed by atoms with Crippen LogP contribution in [-0.4, -0.2) is 40.8 Å². The highest BCUT2D eigenvalue weighted by molar-refractivity contribution is 9.10. The number of hydrogen-bond donors (Lipinski definition) is 0. The molecule has 0 unspecified atom stereocenters. The van der Waals surface area contributed by atoms with Crippen molar-refractivity contribution in [3.63, 3.8) is 0 Å². The Morgan fingerprint density at radius 3 is 2.67 bits per heavy atom. The smallest absolute Gasteiger partial charge is 0.419 e. The average molecular weight is 454 g/mol. The molecular formula is C21H26BrClN2O2. The van der Waals surface area contributed by atoms with Gasteiger partial charge in [0.25, 0.3) is 0 Å². The van der Waals surface area contributed by atoms with Crippen LogP contribution in [0.2, 0.25) is 5.02 Å². The molecule has 2 atom stereocenters. The molecule has 0 saturated heterocycles. The molecule has 1 aromatic carbocycles. The minimum absolute atomic E-state index is 0.282. The first-order valence-corrected chi connectivity index (χ1v) is 10.3. The Morgan fingerprint density at radius 2 is 2.04 bits per heavy atom. The topological polar surface area (TPSA) is 34.5 Å². The van der Waals surface area contributed by atoms with Crippen molar-refractivity contribution < 1.29 is 9.53 Å². The molecule has 146 valence electrons. The molecule has 0 saturated carbocycles. The molecule has 0 bridgehead atoms. The number of fused-ring (bicyclic) bond motifs is 1. The van der Waals surface area contributed by atoms with Crippen molar-refractivity contribution in [1.29, 1.82) is 0 Å². The van der Waals surface area contributed by atoms with Gasteiger partial charge in [-0.25, -0.2) is 4.79 Å². The van der Waals surface area contributed by atoms with Crippen LogP contribution in [0.5, 0.6) is 0 Å². The molecule has 4 nitrogen and oxygen atoms in total. The molecule has 1 aliphatic heterocycles. The van der Waals surface area contributed by atoms with Gasteiger partial charge in [0.05, 0.1) is 10.5 Å². The first-order valence-electron chi connectivity index (χ1n) is 9.16. The number of ether oxygens (including phenoxy) is 1. The Balaban J connectivity index is 2.06. The number of carbonyl (C=O) groups is 1. The molecule has 27 heavy (non-hydrogen) atoms. The lowest BCUT2D eigenvalue weighted by molar-refractivity contribution is 0.0544. The van der Waals surface area contributed by atoms with E-state index in [9.17, 15) is 4.79 Å². The van der Waals surface area contributed by atoms with Gasteiger partial charge in [0, 0.05) is 28.6 Å². The van der Waals surface area contributed by atoms with E-state index >= 15 is 0 Å². The van der Waals surface area contributed by atoms with Gasteiger partial charge in [-0.05, 0) is 73.8 Å². The van der Waals surface area contributed by atoms with Gasteiger partial charge in [-0.2, -0.15) is 0 Å². The maximum atomic E-state index is 12.8. The van der Waals surface area contributed by atoms with Crippen molar-refractivity contribution in [1.82, 2.24) is 9.47 Å². The minimum Gasteiger partial charge on any atom is -0.443 e. The van der Waals surface area contributed by atoms with Crippen molar-refractivity contribution in [3.8, 4) is 0 Å². The Kier molecular flexibility index (Phi) is 5.76. The van der Waals surface area contributed by atoms with Gasteiger partial charge in [0.15, 0.2) is 0 Å². The van der Waals surface area contributed by atoms with Crippen LogP contribution in [0.4, 0.5) is 4.79 Å². The monoisotopic (exact) mass is 452 g/mol. The number of aromatic nitrogens is 1. The fraction of sp³-hybridized carbons (Fsp3) is 0.476. The van der Waals surface area contributed by atoms with Gasteiger partial charge in [0.1, 0.15) is 5.60 Å². The highest BCUT2D eigenvalue weighted by atomic mass is 79.9. The summed E-state index contributed by atoms with van der Waals surface area (Å²) >= 11 is 9.96. The Labute approximate surface area is 174 Å². The zero-order chi connectivity index (χ0) is 19.9. The second-order valence-corrected chi connectivity index (χ2v) is 9.53. The number of carbonyl (C=O) groups excluding carboxylic acids is 1. The van der Waals surface area contributed by atoms with Crippen molar-refractivity contribution in [2.24, 2.45) is 5.92 Å². The van der Waals surface area contributed by atoms with Gasteiger partial charge in [-0.1, -0.05) is 30.7 Å². The Hall–Kier alpha value is -1.30. The van der Waals surface area contributed by atoms with E-state index in [-0.39, 0.29) is 12.1 Å². The van der Waals surface area contributed by atoms with E-state index in [1.54, 1.807) is 10.6 Å². The van der Waals surface area contributed by atoms with Gasteiger partial charge in [-0.3, -0.25) is 9.47 Å². The molecule has 0 radical (unpaired) electrons. The number of hydrogen-bond acceptors (Lipinski definition) is 3. The van der Waals surface area contributed by atoms with Crippen LogP contribution >= 0.6 is 27.5 Å². The maximum absolute atomic E-state index is 12.8. The summed E-state index contributed by atoms with van der Waals surface area (Å²) < 4.78 is 8.00. The lowest BCUT2D eigenvalue weighted by atomic mass is 9.97. The Morgan fingerprint density at radius 1 is 1.33 bits per heavy atom. The van der Waals surface area contributed by atoms with Crippen LogP contribution in [-0.2, 0) is 11.2 Å². The molecule has 1 aliphatic rings. The predicted octanol–water partition coefficient (Wildman–Crippen LogP) is 5.89. The van der Waals surface area contributed by atoms with E-state index in [0.29, 0.717) is 10.9 Å². The van der Waals surface area contributed by atoms with Gasteiger partial charge < -0.3 is 4.74 Å². The van der Waals surface area contributed by atoms with E-state index in [1.807, 2.05) is 33.0 Å². The lowest BCUT2D eigenvalue weighted by Crippen LogP contribution is -2.37. The molecule has 1 aromatic heterocycles. The zero-order valence-corrected chi connectivity index (χ0v) is 18.8. The molecule has 0 fully saturated rings. The number of halogens is 2. The number of rotatable bonds is 2. The summed E-state index contributed by atoms with van der Waals surface area (Å²) in [5, 5.41) is 1.60. The predicted molar refractivity (Wildman–Crippen MR) is 115 cm³/mol. The van der Waals surface area contributed by atoms with E-state index in [4.69, 9.17) is 16.3 Å². The highest BCUT2D eigenvalue weighted by Crippen LogP contribution is 2.36. The summed E-state index contributed by atoms with van der Waals surface area (Å²) in [4.78, 5) is 15.1. The summed E-state index contributed by atoms with van der Waals surface area (Å²) in [5.74, 6) is 0.551. The van der Waals surface area contributed by atoms with Crippen molar-refractivity contribution in [2.45, 2.75) is 45.8 Å². The van der Waals surface area contributed by atoms with E-state index < -0.39 is 5.60 Å². The second-order valence-electron chi connectivity index (χ2n) is 8.33. The molecule has 0 amide bonds. The summed E-state index contributed by atoms with van der Waals surface area (Å²) in [6.45, 7) is 8.84. The lowest BCUT2D eigenvalue weighted by Gasteiger charge is -2.31. The third-order valence-corrected chi connectivity index (χ3v) is 6.13. The quantitative estimate of drug-likeness (QED) is 0.532. The minimum atomic E-state index is -0.556. The van der Waals surface area contributed by atoms with Crippen molar-refractivity contribution in [3.05, 3.63) is 45.5 Å². The van der Waals surface area contributed by atoms with Crippen LogP contribution in [0.1, 0.15) is 33.3 Å². The van der Waals surface area contributed by atoms with E-state index in [2.05, 4.69) is 47.0 Å². The molecule has 2 aromatic rings. The van der Waals surface area contributed by atoms with Crippen LogP contribution in [0.15, 0.2) is 35.0 Å². The number of nitrogens with zero attached hydrogens (tertiary/aromatic N) is 2. The first-order chi connectivity index (χ1) is 12.6. The molecular weight excluding hydrogens is 428 g/mol. The van der Waals surface area contributed by atoms with Crippen molar-refractivity contribution in [2.75, 3.05) is 13.6 Å². The SMILES string of the molecule is C[C@@H]1C=C[C@@H](Cc2cn(C(=O)OC(C)(C)C)c3ccc(Cl)c(Br)c23)N(C)C1.